The molecule has 0 aliphatic carbocycles. The van der Waals surface area contributed by atoms with Crippen molar-refractivity contribution in [3.05, 3.63) is 35.6 Å². The van der Waals surface area contributed by atoms with Crippen LogP contribution in [0.2, 0.25) is 0 Å². The molecule has 0 amide bonds. The van der Waals surface area contributed by atoms with E-state index in [4.69, 9.17) is 0 Å². The molecule has 0 aliphatic rings. The molecular weight excluding hydrogens is 189 g/mol. The van der Waals surface area contributed by atoms with Gasteiger partial charge in [0.1, 0.15) is 5.82 Å². The minimum Gasteiger partial charge on any atom is -0.310 e. The molecule has 0 saturated heterocycles. The number of halogens is 1. The van der Waals surface area contributed by atoms with Crippen LogP contribution in [-0.2, 0) is 0 Å². The average molecular weight is 209 g/mol. The van der Waals surface area contributed by atoms with Gasteiger partial charge >= 0.3 is 0 Å². The first-order chi connectivity index (χ1) is 7.27. The minimum absolute atomic E-state index is 0.150. The van der Waals surface area contributed by atoms with Crippen LogP contribution >= 0.6 is 0 Å². The van der Waals surface area contributed by atoms with E-state index in [1.54, 1.807) is 12.1 Å². The molecule has 1 unspecified atom stereocenters. The van der Waals surface area contributed by atoms with E-state index in [2.05, 4.69) is 19.2 Å². The van der Waals surface area contributed by atoms with Gasteiger partial charge < -0.3 is 5.32 Å². The molecule has 0 saturated carbocycles. The normalized spacial score (nSPS) is 12.7. The van der Waals surface area contributed by atoms with Crippen molar-refractivity contribution in [1.82, 2.24) is 5.32 Å². The van der Waals surface area contributed by atoms with Gasteiger partial charge in [0.05, 0.1) is 0 Å². The van der Waals surface area contributed by atoms with Crippen LogP contribution in [0.1, 0.15) is 44.7 Å². The van der Waals surface area contributed by atoms with Gasteiger partial charge in [-0.2, -0.15) is 0 Å². The van der Waals surface area contributed by atoms with Gasteiger partial charge in [0.15, 0.2) is 0 Å². The monoisotopic (exact) mass is 209 g/mol. The number of unbranched alkanes of at least 4 members (excludes halogenated alkanes) is 1. The summed E-state index contributed by atoms with van der Waals surface area (Å²) in [5.74, 6) is -0.150. The highest BCUT2D eigenvalue weighted by Crippen LogP contribution is 2.17. The largest absolute Gasteiger partial charge is 0.310 e. The molecule has 1 rings (SSSR count). The second-order valence-electron chi connectivity index (χ2n) is 3.82. The number of rotatable bonds is 6. The Morgan fingerprint density at radius 1 is 1.33 bits per heavy atom. The van der Waals surface area contributed by atoms with E-state index in [1.165, 1.54) is 18.9 Å². The highest BCUT2D eigenvalue weighted by Gasteiger charge is 2.08. The average Bonchev–Trinajstić information content (AvgIpc) is 2.24. The van der Waals surface area contributed by atoms with Crippen molar-refractivity contribution in [2.75, 3.05) is 6.54 Å². The van der Waals surface area contributed by atoms with Gasteiger partial charge in [-0.15, -0.1) is 0 Å². The first-order valence-electron chi connectivity index (χ1n) is 5.76. The lowest BCUT2D eigenvalue weighted by molar-refractivity contribution is 0.504. The van der Waals surface area contributed by atoms with Crippen molar-refractivity contribution in [2.45, 2.75) is 39.2 Å². The van der Waals surface area contributed by atoms with Gasteiger partial charge in [-0.05, 0) is 37.1 Å². The van der Waals surface area contributed by atoms with Crippen LogP contribution in [0.5, 0.6) is 0 Å². The maximum Gasteiger partial charge on any atom is 0.123 e. The van der Waals surface area contributed by atoms with E-state index in [1.807, 2.05) is 6.07 Å². The first kappa shape index (κ1) is 12.2. The van der Waals surface area contributed by atoms with Gasteiger partial charge in [0.2, 0.25) is 0 Å². The Labute approximate surface area is 91.7 Å². The van der Waals surface area contributed by atoms with E-state index in [9.17, 15) is 4.39 Å². The lowest BCUT2D eigenvalue weighted by Crippen LogP contribution is -2.21. The highest BCUT2D eigenvalue weighted by atomic mass is 19.1. The predicted molar refractivity (Wildman–Crippen MR) is 62.3 cm³/mol. The Bertz CT molecular complexity index is 286. The Morgan fingerprint density at radius 2 is 2.13 bits per heavy atom. The van der Waals surface area contributed by atoms with Gasteiger partial charge in [-0.1, -0.05) is 32.4 Å². The fourth-order valence-electron chi connectivity index (χ4n) is 1.67. The van der Waals surface area contributed by atoms with E-state index in [0.717, 1.165) is 18.5 Å². The molecule has 1 nitrogen and oxygen atoms in total. The third kappa shape index (κ3) is 4.00. The molecule has 1 N–H and O–H groups in total. The zero-order valence-corrected chi connectivity index (χ0v) is 9.59. The fourth-order valence-corrected chi connectivity index (χ4v) is 1.67. The van der Waals surface area contributed by atoms with Crippen molar-refractivity contribution in [2.24, 2.45) is 0 Å². The van der Waals surface area contributed by atoms with Crippen LogP contribution in [0.15, 0.2) is 24.3 Å². The summed E-state index contributed by atoms with van der Waals surface area (Å²) in [6.07, 6.45) is 3.35. The lowest BCUT2D eigenvalue weighted by atomic mass is 10.0. The standard InChI is InChI=1S/C13H20FN/c1-3-5-9-15-13(4-2)11-7-6-8-12(14)10-11/h6-8,10,13,15H,3-5,9H2,1-2H3. The Kier molecular flexibility index (Phi) is 5.33. The number of nitrogens with one attached hydrogen (secondary N) is 1. The SMILES string of the molecule is CCCCNC(CC)c1cccc(F)c1. The summed E-state index contributed by atoms with van der Waals surface area (Å²) in [5.41, 5.74) is 1.05. The Morgan fingerprint density at radius 3 is 2.73 bits per heavy atom. The summed E-state index contributed by atoms with van der Waals surface area (Å²) in [6, 6.07) is 7.15. The van der Waals surface area contributed by atoms with Crippen LogP contribution in [0, 0.1) is 5.82 Å². The van der Waals surface area contributed by atoms with Crippen LogP contribution in [-0.4, -0.2) is 6.54 Å². The topological polar surface area (TPSA) is 12.0 Å². The van der Waals surface area contributed by atoms with Crippen molar-refractivity contribution in [1.29, 1.82) is 0 Å². The van der Waals surface area contributed by atoms with Crippen LogP contribution in [0.25, 0.3) is 0 Å². The van der Waals surface area contributed by atoms with Gasteiger partial charge in [0, 0.05) is 6.04 Å². The highest BCUT2D eigenvalue weighted by molar-refractivity contribution is 5.19. The minimum atomic E-state index is -0.150. The molecule has 15 heavy (non-hydrogen) atoms. The van der Waals surface area contributed by atoms with Gasteiger partial charge in [-0.3, -0.25) is 0 Å². The summed E-state index contributed by atoms with van der Waals surface area (Å²) < 4.78 is 13.0. The molecule has 1 atom stereocenters. The summed E-state index contributed by atoms with van der Waals surface area (Å²) >= 11 is 0. The van der Waals surface area contributed by atoms with Crippen molar-refractivity contribution in [3.8, 4) is 0 Å². The molecule has 0 bridgehead atoms. The molecule has 84 valence electrons. The van der Waals surface area contributed by atoms with Crippen molar-refractivity contribution < 1.29 is 4.39 Å². The zero-order chi connectivity index (χ0) is 11.1. The molecular formula is C13H20FN. The third-order valence-corrected chi connectivity index (χ3v) is 2.58. The van der Waals surface area contributed by atoms with E-state index < -0.39 is 0 Å². The smallest absolute Gasteiger partial charge is 0.123 e. The molecule has 1 aromatic rings. The quantitative estimate of drug-likeness (QED) is 0.705. The molecule has 0 radical (unpaired) electrons. The van der Waals surface area contributed by atoms with E-state index in [-0.39, 0.29) is 11.9 Å². The molecule has 0 heterocycles. The summed E-state index contributed by atoms with van der Waals surface area (Å²) in [5, 5.41) is 3.45. The number of hydrogen-bond donors (Lipinski definition) is 1. The number of benzene rings is 1. The van der Waals surface area contributed by atoms with Crippen molar-refractivity contribution >= 4 is 0 Å². The second kappa shape index (κ2) is 6.57. The van der Waals surface area contributed by atoms with E-state index >= 15 is 0 Å². The van der Waals surface area contributed by atoms with Crippen LogP contribution < -0.4 is 5.32 Å². The lowest BCUT2D eigenvalue weighted by Gasteiger charge is -2.17. The molecule has 2 heteroatoms. The predicted octanol–water partition coefficient (Wildman–Crippen LogP) is 3.67. The Balaban J connectivity index is 2.57. The summed E-state index contributed by atoms with van der Waals surface area (Å²) in [7, 11) is 0. The van der Waals surface area contributed by atoms with Gasteiger partial charge in [0.25, 0.3) is 0 Å². The summed E-state index contributed by atoms with van der Waals surface area (Å²) in [6.45, 7) is 5.30. The Hall–Kier alpha value is -0.890. The maximum atomic E-state index is 13.0. The fraction of sp³-hybridized carbons (Fsp3) is 0.538. The maximum absolute atomic E-state index is 13.0. The molecule has 0 fully saturated rings. The first-order valence-corrected chi connectivity index (χ1v) is 5.76. The van der Waals surface area contributed by atoms with E-state index in [0.29, 0.717) is 0 Å². The molecule has 0 aromatic heterocycles. The molecule has 0 spiro atoms. The van der Waals surface area contributed by atoms with Gasteiger partial charge in [-0.25, -0.2) is 4.39 Å². The zero-order valence-electron chi connectivity index (χ0n) is 9.59. The number of hydrogen-bond acceptors (Lipinski definition) is 1. The van der Waals surface area contributed by atoms with Crippen LogP contribution in [0.4, 0.5) is 4.39 Å². The van der Waals surface area contributed by atoms with Crippen molar-refractivity contribution in [3.63, 3.8) is 0 Å². The third-order valence-electron chi connectivity index (χ3n) is 2.58. The van der Waals surface area contributed by atoms with Crippen LogP contribution in [0.3, 0.4) is 0 Å². The molecule has 1 aromatic carbocycles. The molecule has 0 aliphatic heterocycles. The summed E-state index contributed by atoms with van der Waals surface area (Å²) in [4.78, 5) is 0. The second-order valence-corrected chi connectivity index (χ2v) is 3.82.